The lowest BCUT2D eigenvalue weighted by atomic mass is 10.1. The summed E-state index contributed by atoms with van der Waals surface area (Å²) in [6.45, 7) is 0.420. The largest absolute Gasteiger partial charge is 0.507 e. The molecular weight excluding hydrogens is 248 g/mol. The number of carboxylic acids is 1. The highest BCUT2D eigenvalue weighted by molar-refractivity contribution is 5.86. The van der Waals surface area contributed by atoms with Crippen LogP contribution >= 0.6 is 0 Å². The number of hydrogen-bond acceptors (Lipinski definition) is 5. The fourth-order valence-electron chi connectivity index (χ4n) is 1.51. The highest BCUT2D eigenvalue weighted by Crippen LogP contribution is 2.21. The number of carboxylic acid groups (broad SMARTS) is 1. The van der Waals surface area contributed by atoms with Crippen LogP contribution in [-0.4, -0.2) is 42.1 Å². The standard InChI is InChI=1S/C13H18N2O4/c1-19-10-4-5-12(16)9(7-10)8-15-11(13(17)18)3-2-6-14/h4-5,7-8,11,16H,2-3,6,14H2,1H3,(H,17,18)/t11-/m0/s1. The molecule has 6 nitrogen and oxygen atoms in total. The minimum atomic E-state index is -1.01. The Morgan fingerprint density at radius 3 is 2.89 bits per heavy atom. The lowest BCUT2D eigenvalue weighted by molar-refractivity contribution is -0.138. The van der Waals surface area contributed by atoms with E-state index in [2.05, 4.69) is 4.99 Å². The quantitative estimate of drug-likeness (QED) is 0.639. The molecule has 0 spiro atoms. The van der Waals surface area contributed by atoms with Gasteiger partial charge in [-0.25, -0.2) is 4.79 Å². The number of rotatable bonds is 7. The molecule has 1 atom stereocenters. The van der Waals surface area contributed by atoms with Gasteiger partial charge in [0.25, 0.3) is 0 Å². The topological polar surface area (TPSA) is 105 Å². The van der Waals surface area contributed by atoms with Crippen LogP contribution in [0, 0.1) is 0 Å². The first kappa shape index (κ1) is 15.0. The number of phenolic OH excluding ortho intramolecular Hbond substituents is 1. The van der Waals surface area contributed by atoms with Gasteiger partial charge in [-0.3, -0.25) is 4.99 Å². The van der Waals surface area contributed by atoms with E-state index in [4.69, 9.17) is 15.6 Å². The number of nitrogens with two attached hydrogens (primary N) is 1. The lowest BCUT2D eigenvalue weighted by Gasteiger charge is -2.07. The van der Waals surface area contributed by atoms with Gasteiger partial charge in [0.15, 0.2) is 0 Å². The highest BCUT2D eigenvalue weighted by atomic mass is 16.5. The Labute approximate surface area is 111 Å². The summed E-state index contributed by atoms with van der Waals surface area (Å²) in [4.78, 5) is 15.0. The first-order chi connectivity index (χ1) is 9.08. The maximum Gasteiger partial charge on any atom is 0.328 e. The summed E-state index contributed by atoms with van der Waals surface area (Å²) in [6.07, 6.45) is 2.29. The molecule has 19 heavy (non-hydrogen) atoms. The number of carbonyl (C=O) groups is 1. The van der Waals surface area contributed by atoms with E-state index in [0.717, 1.165) is 0 Å². The van der Waals surface area contributed by atoms with Gasteiger partial charge in [0.2, 0.25) is 0 Å². The van der Waals surface area contributed by atoms with Crippen molar-refractivity contribution < 1.29 is 19.7 Å². The van der Waals surface area contributed by atoms with Gasteiger partial charge in [-0.2, -0.15) is 0 Å². The highest BCUT2D eigenvalue weighted by Gasteiger charge is 2.14. The van der Waals surface area contributed by atoms with Gasteiger partial charge in [-0.15, -0.1) is 0 Å². The summed E-state index contributed by atoms with van der Waals surface area (Å²) in [5.74, 6) is -0.423. The Morgan fingerprint density at radius 1 is 1.58 bits per heavy atom. The predicted molar refractivity (Wildman–Crippen MR) is 72.0 cm³/mol. The van der Waals surface area contributed by atoms with Gasteiger partial charge >= 0.3 is 5.97 Å². The van der Waals surface area contributed by atoms with E-state index >= 15 is 0 Å². The van der Waals surface area contributed by atoms with E-state index in [9.17, 15) is 9.90 Å². The van der Waals surface area contributed by atoms with Crippen LogP contribution in [0.2, 0.25) is 0 Å². The van der Waals surface area contributed by atoms with E-state index in [-0.39, 0.29) is 5.75 Å². The van der Waals surface area contributed by atoms with Crippen molar-refractivity contribution in [3.8, 4) is 11.5 Å². The molecule has 104 valence electrons. The first-order valence-corrected chi connectivity index (χ1v) is 5.91. The van der Waals surface area contributed by atoms with Crippen molar-refractivity contribution in [2.45, 2.75) is 18.9 Å². The van der Waals surface area contributed by atoms with Crippen LogP contribution in [0.1, 0.15) is 18.4 Å². The van der Waals surface area contributed by atoms with Crippen LogP contribution in [0.3, 0.4) is 0 Å². The molecule has 0 unspecified atom stereocenters. The number of aliphatic carboxylic acids is 1. The maximum absolute atomic E-state index is 11.0. The average molecular weight is 266 g/mol. The van der Waals surface area contributed by atoms with Crippen LogP contribution in [0.4, 0.5) is 0 Å². The second-order valence-corrected chi connectivity index (χ2v) is 3.99. The molecule has 0 aliphatic carbocycles. The number of hydrogen-bond donors (Lipinski definition) is 3. The number of methoxy groups -OCH3 is 1. The number of aliphatic imine (C=N–C) groups is 1. The Balaban J connectivity index is 2.85. The van der Waals surface area contributed by atoms with E-state index in [1.54, 1.807) is 12.1 Å². The molecular formula is C13H18N2O4. The molecule has 0 amide bonds. The molecule has 0 heterocycles. The molecule has 0 bridgehead atoms. The van der Waals surface area contributed by atoms with E-state index in [1.165, 1.54) is 19.4 Å². The average Bonchev–Trinajstić information content (AvgIpc) is 2.40. The minimum absolute atomic E-state index is 0.0208. The van der Waals surface area contributed by atoms with E-state index < -0.39 is 12.0 Å². The van der Waals surface area contributed by atoms with Crippen molar-refractivity contribution in [3.63, 3.8) is 0 Å². The molecule has 0 saturated carbocycles. The van der Waals surface area contributed by atoms with Crippen LogP contribution in [0.5, 0.6) is 11.5 Å². The van der Waals surface area contributed by atoms with Gasteiger partial charge in [-0.1, -0.05) is 0 Å². The van der Waals surface area contributed by atoms with Crippen molar-refractivity contribution in [2.75, 3.05) is 13.7 Å². The minimum Gasteiger partial charge on any atom is -0.507 e. The van der Waals surface area contributed by atoms with Crippen molar-refractivity contribution in [1.29, 1.82) is 0 Å². The summed E-state index contributed by atoms with van der Waals surface area (Å²) < 4.78 is 5.02. The van der Waals surface area contributed by atoms with Gasteiger partial charge in [-0.05, 0) is 37.6 Å². The van der Waals surface area contributed by atoms with Crippen LogP contribution < -0.4 is 10.5 Å². The summed E-state index contributed by atoms with van der Waals surface area (Å²) >= 11 is 0. The summed E-state index contributed by atoms with van der Waals surface area (Å²) in [7, 11) is 1.51. The van der Waals surface area contributed by atoms with Gasteiger partial charge in [0.05, 0.1) is 7.11 Å². The zero-order chi connectivity index (χ0) is 14.3. The molecule has 0 radical (unpaired) electrons. The molecule has 0 aliphatic heterocycles. The zero-order valence-electron chi connectivity index (χ0n) is 10.7. The van der Waals surface area contributed by atoms with E-state index in [1.807, 2.05) is 0 Å². The Morgan fingerprint density at radius 2 is 2.32 bits per heavy atom. The third-order valence-corrected chi connectivity index (χ3v) is 2.60. The SMILES string of the molecule is COc1ccc(O)c(C=N[C@@H](CCCN)C(=O)O)c1. The van der Waals surface area contributed by atoms with Gasteiger partial charge in [0.1, 0.15) is 17.5 Å². The molecule has 6 heteroatoms. The molecule has 0 aromatic heterocycles. The van der Waals surface area contributed by atoms with Crippen molar-refractivity contribution in [2.24, 2.45) is 10.7 Å². The summed E-state index contributed by atoms with van der Waals surface area (Å²) in [5.41, 5.74) is 5.76. The smallest absolute Gasteiger partial charge is 0.328 e. The fraction of sp³-hybridized carbons (Fsp3) is 0.385. The first-order valence-electron chi connectivity index (χ1n) is 5.91. The second-order valence-electron chi connectivity index (χ2n) is 3.99. The van der Waals surface area contributed by atoms with Crippen LogP contribution in [-0.2, 0) is 4.79 Å². The monoisotopic (exact) mass is 266 g/mol. The number of aromatic hydroxyl groups is 1. The Kier molecular flexibility index (Phi) is 5.81. The molecule has 1 rings (SSSR count). The zero-order valence-corrected chi connectivity index (χ0v) is 10.7. The Hall–Kier alpha value is -2.08. The van der Waals surface area contributed by atoms with Crippen molar-refractivity contribution >= 4 is 12.2 Å². The number of phenols is 1. The number of nitrogens with zero attached hydrogens (tertiary/aromatic N) is 1. The Bertz CT molecular complexity index is 460. The molecule has 0 aliphatic rings. The number of benzene rings is 1. The molecule has 0 saturated heterocycles. The van der Waals surface area contributed by atoms with Gasteiger partial charge in [0, 0.05) is 11.8 Å². The normalized spacial score (nSPS) is 12.5. The third kappa shape index (κ3) is 4.59. The summed E-state index contributed by atoms with van der Waals surface area (Å²) in [6, 6.07) is 3.81. The van der Waals surface area contributed by atoms with E-state index in [0.29, 0.717) is 30.7 Å². The molecule has 1 aromatic carbocycles. The number of ether oxygens (including phenoxy) is 1. The van der Waals surface area contributed by atoms with Crippen LogP contribution in [0.15, 0.2) is 23.2 Å². The van der Waals surface area contributed by atoms with Gasteiger partial charge < -0.3 is 20.7 Å². The van der Waals surface area contributed by atoms with Crippen molar-refractivity contribution in [3.05, 3.63) is 23.8 Å². The maximum atomic E-state index is 11.0. The second kappa shape index (κ2) is 7.38. The van der Waals surface area contributed by atoms with Crippen molar-refractivity contribution in [1.82, 2.24) is 0 Å². The lowest BCUT2D eigenvalue weighted by Crippen LogP contribution is -2.19. The summed E-state index contributed by atoms with van der Waals surface area (Å²) in [5, 5.41) is 18.7. The molecule has 4 N–H and O–H groups in total. The predicted octanol–water partition coefficient (Wildman–Crippen LogP) is 1.01. The van der Waals surface area contributed by atoms with Crippen LogP contribution in [0.25, 0.3) is 0 Å². The molecule has 0 fully saturated rings. The fourth-order valence-corrected chi connectivity index (χ4v) is 1.51. The molecule has 1 aromatic rings. The third-order valence-electron chi connectivity index (χ3n) is 2.60.